The summed E-state index contributed by atoms with van der Waals surface area (Å²) < 4.78 is 16.5. The molecule has 1 aliphatic heterocycles. The van der Waals surface area contributed by atoms with Gasteiger partial charge in [-0.2, -0.15) is 0 Å². The van der Waals surface area contributed by atoms with Crippen LogP contribution in [-0.2, 0) is 19.1 Å². The number of halogens is 1. The van der Waals surface area contributed by atoms with Crippen LogP contribution in [0.3, 0.4) is 0 Å². The van der Waals surface area contributed by atoms with Gasteiger partial charge in [-0.05, 0) is 38.3 Å². The number of alkyl halides is 1. The van der Waals surface area contributed by atoms with Crippen molar-refractivity contribution in [3.05, 3.63) is 58.6 Å². The van der Waals surface area contributed by atoms with Gasteiger partial charge in [-0.1, -0.05) is 45.4 Å². The molecule has 1 fully saturated rings. The third kappa shape index (κ3) is 8.23. The number of amides is 2. The predicted molar refractivity (Wildman–Crippen MR) is 159 cm³/mol. The van der Waals surface area contributed by atoms with Crippen molar-refractivity contribution in [2.45, 2.75) is 57.7 Å². The van der Waals surface area contributed by atoms with Crippen LogP contribution >= 0.6 is 27.3 Å². The number of thiazole rings is 1. The monoisotopic (exact) mass is 648 g/mol. The van der Waals surface area contributed by atoms with Crippen LogP contribution in [0.25, 0.3) is 10.4 Å². The number of β-amino-alcohol motifs (C(OH)–C–C–N with tert-alkyl or cyclic N) is 1. The maximum atomic E-state index is 13.8. The molecule has 2 unspecified atom stereocenters. The molecule has 1 aromatic carbocycles. The zero-order chi connectivity index (χ0) is 29.4. The minimum Gasteiger partial charge on any atom is -0.391 e. The standard InChI is InChI=1S/C29H37BrN4O6S/c1-18-14-26(40-33-18)24(8-10-38-12-13-39-11-9-30)29(37)34-16-23(35)15-25(34)28(36)32-19(2)21-4-6-22(7-5-21)27-20(3)31-17-41-27/h4-7,14,17,19,23-25,35H,8-13,15-16H2,1-3H3,(H,32,36)/t19?,23-,24?,25+/m1/s1. The summed E-state index contributed by atoms with van der Waals surface area (Å²) in [4.78, 5) is 34.1. The van der Waals surface area contributed by atoms with Gasteiger partial charge in [0, 0.05) is 31.0 Å². The fraction of sp³-hybridized carbons (Fsp3) is 0.517. The highest BCUT2D eigenvalue weighted by Crippen LogP contribution is 2.30. The zero-order valence-corrected chi connectivity index (χ0v) is 25.9. The van der Waals surface area contributed by atoms with E-state index < -0.39 is 18.1 Å². The van der Waals surface area contributed by atoms with Gasteiger partial charge in [0.1, 0.15) is 17.7 Å². The van der Waals surface area contributed by atoms with E-state index in [4.69, 9.17) is 14.0 Å². The molecule has 1 saturated heterocycles. The molecular weight excluding hydrogens is 612 g/mol. The Labute approximate surface area is 252 Å². The minimum absolute atomic E-state index is 0.0685. The highest BCUT2D eigenvalue weighted by atomic mass is 79.9. The number of rotatable bonds is 14. The molecule has 0 bridgehead atoms. The smallest absolute Gasteiger partial charge is 0.243 e. The molecule has 222 valence electrons. The van der Waals surface area contributed by atoms with Crippen molar-refractivity contribution in [2.75, 3.05) is 38.3 Å². The van der Waals surface area contributed by atoms with Gasteiger partial charge < -0.3 is 29.3 Å². The zero-order valence-electron chi connectivity index (χ0n) is 23.5. The molecule has 0 radical (unpaired) electrons. The number of ether oxygens (including phenoxy) is 2. The number of aliphatic hydroxyl groups excluding tert-OH is 1. The van der Waals surface area contributed by atoms with Crippen molar-refractivity contribution >= 4 is 39.1 Å². The summed E-state index contributed by atoms with van der Waals surface area (Å²) in [7, 11) is 0. The van der Waals surface area contributed by atoms with E-state index in [0.717, 1.165) is 27.0 Å². The average molecular weight is 650 g/mol. The van der Waals surface area contributed by atoms with E-state index in [-0.39, 0.29) is 30.8 Å². The number of aryl methyl sites for hydroxylation is 2. The normalized spacial score (nSPS) is 18.4. The van der Waals surface area contributed by atoms with Crippen molar-refractivity contribution in [1.82, 2.24) is 20.4 Å². The van der Waals surface area contributed by atoms with Gasteiger partial charge in [-0.25, -0.2) is 4.98 Å². The van der Waals surface area contributed by atoms with Gasteiger partial charge in [0.15, 0.2) is 0 Å². The van der Waals surface area contributed by atoms with Crippen molar-refractivity contribution in [3.8, 4) is 10.4 Å². The summed E-state index contributed by atoms with van der Waals surface area (Å²) in [6.45, 7) is 7.50. The Morgan fingerprint density at radius 3 is 2.56 bits per heavy atom. The van der Waals surface area contributed by atoms with E-state index in [1.165, 1.54) is 4.90 Å². The van der Waals surface area contributed by atoms with Crippen LogP contribution in [-0.4, -0.2) is 82.4 Å². The maximum absolute atomic E-state index is 13.8. The topological polar surface area (TPSA) is 127 Å². The number of likely N-dealkylation sites (tertiary alicyclic amines) is 1. The predicted octanol–water partition coefficient (Wildman–Crippen LogP) is 4.16. The number of nitrogens with zero attached hydrogens (tertiary/aromatic N) is 3. The number of benzene rings is 1. The molecule has 4 rings (SSSR count). The molecule has 0 aliphatic carbocycles. The van der Waals surface area contributed by atoms with Crippen LogP contribution < -0.4 is 5.32 Å². The summed E-state index contributed by atoms with van der Waals surface area (Å²) in [5.41, 5.74) is 5.48. The molecule has 3 aromatic rings. The highest BCUT2D eigenvalue weighted by molar-refractivity contribution is 9.09. The fourth-order valence-corrected chi connectivity index (χ4v) is 5.95. The number of hydrogen-bond acceptors (Lipinski definition) is 9. The highest BCUT2D eigenvalue weighted by Gasteiger charge is 2.42. The largest absolute Gasteiger partial charge is 0.391 e. The number of nitrogens with one attached hydrogen (secondary N) is 1. The van der Waals surface area contributed by atoms with E-state index >= 15 is 0 Å². The second kappa shape index (κ2) is 15.0. The summed E-state index contributed by atoms with van der Waals surface area (Å²) in [5, 5.41) is 18.2. The second-order valence-electron chi connectivity index (χ2n) is 10.1. The fourth-order valence-electron chi connectivity index (χ4n) is 4.91. The summed E-state index contributed by atoms with van der Waals surface area (Å²) in [6.07, 6.45) is -0.293. The van der Waals surface area contributed by atoms with Crippen LogP contribution in [0.1, 0.15) is 54.4 Å². The minimum atomic E-state index is -0.802. The number of hydrogen-bond donors (Lipinski definition) is 2. The Bertz CT molecular complexity index is 1280. The van der Waals surface area contributed by atoms with Crippen LogP contribution in [0.2, 0.25) is 0 Å². The Morgan fingerprint density at radius 1 is 1.20 bits per heavy atom. The molecule has 2 aromatic heterocycles. The van der Waals surface area contributed by atoms with E-state index in [2.05, 4.69) is 31.4 Å². The van der Waals surface area contributed by atoms with E-state index in [1.54, 1.807) is 24.3 Å². The van der Waals surface area contributed by atoms with Crippen molar-refractivity contribution in [1.29, 1.82) is 0 Å². The van der Waals surface area contributed by atoms with Crippen molar-refractivity contribution in [2.24, 2.45) is 0 Å². The molecular formula is C29H37BrN4O6S. The van der Waals surface area contributed by atoms with E-state index in [1.807, 2.05) is 43.6 Å². The third-order valence-electron chi connectivity index (χ3n) is 7.07. The van der Waals surface area contributed by atoms with Crippen LogP contribution in [0.5, 0.6) is 0 Å². The third-order valence-corrected chi connectivity index (χ3v) is 8.38. The first-order valence-electron chi connectivity index (χ1n) is 13.7. The summed E-state index contributed by atoms with van der Waals surface area (Å²) >= 11 is 4.90. The molecule has 0 saturated carbocycles. The van der Waals surface area contributed by atoms with E-state index in [9.17, 15) is 14.7 Å². The van der Waals surface area contributed by atoms with Gasteiger partial charge >= 0.3 is 0 Å². The first-order chi connectivity index (χ1) is 19.8. The van der Waals surface area contributed by atoms with Gasteiger partial charge in [0.25, 0.3) is 0 Å². The molecule has 0 spiro atoms. The first-order valence-corrected chi connectivity index (χ1v) is 15.7. The average Bonchev–Trinajstić information content (AvgIpc) is 3.69. The quantitative estimate of drug-likeness (QED) is 0.197. The molecule has 12 heteroatoms. The number of aliphatic hydroxyl groups is 1. The Balaban J connectivity index is 1.40. The number of aromatic nitrogens is 2. The molecule has 1 aliphatic rings. The van der Waals surface area contributed by atoms with Crippen LogP contribution in [0.15, 0.2) is 40.4 Å². The van der Waals surface area contributed by atoms with Gasteiger partial charge in [-0.15, -0.1) is 11.3 Å². The first kappa shape index (κ1) is 31.3. The van der Waals surface area contributed by atoms with Gasteiger partial charge in [-0.3, -0.25) is 9.59 Å². The molecule has 4 atom stereocenters. The SMILES string of the molecule is Cc1cc(C(CCOCCOCCBr)C(=O)N2C[C@H](O)C[C@H]2C(=O)NC(C)c2ccc(-c3scnc3C)cc2)on1. The molecule has 2 amide bonds. The molecule has 2 N–H and O–H groups in total. The Hall–Kier alpha value is -2.64. The van der Waals surface area contributed by atoms with Crippen molar-refractivity contribution < 1.29 is 28.7 Å². The Morgan fingerprint density at radius 2 is 1.93 bits per heavy atom. The summed E-state index contributed by atoms with van der Waals surface area (Å²) in [5.74, 6) is -0.886. The molecule has 41 heavy (non-hydrogen) atoms. The van der Waals surface area contributed by atoms with Crippen molar-refractivity contribution in [3.63, 3.8) is 0 Å². The molecule has 3 heterocycles. The lowest BCUT2D eigenvalue weighted by molar-refractivity contribution is -0.140. The van der Waals surface area contributed by atoms with Gasteiger partial charge in [0.05, 0.1) is 53.7 Å². The number of carbonyl (C=O) groups is 2. The lowest BCUT2D eigenvalue weighted by Gasteiger charge is -2.28. The lowest BCUT2D eigenvalue weighted by Crippen LogP contribution is -2.48. The van der Waals surface area contributed by atoms with Gasteiger partial charge in [0.2, 0.25) is 11.8 Å². The van der Waals surface area contributed by atoms with Crippen LogP contribution in [0, 0.1) is 13.8 Å². The van der Waals surface area contributed by atoms with Crippen LogP contribution in [0.4, 0.5) is 0 Å². The Kier molecular flexibility index (Phi) is 11.5. The summed E-state index contributed by atoms with van der Waals surface area (Å²) in [6, 6.07) is 8.65. The number of carbonyl (C=O) groups excluding carboxylic acids is 2. The van der Waals surface area contributed by atoms with E-state index in [0.29, 0.717) is 44.3 Å². The maximum Gasteiger partial charge on any atom is 0.243 e. The second-order valence-corrected chi connectivity index (χ2v) is 11.8. The molecule has 10 nitrogen and oxygen atoms in total. The lowest BCUT2D eigenvalue weighted by atomic mass is 9.99.